The molecule has 1 aromatic carbocycles. The van der Waals surface area contributed by atoms with Crippen LogP contribution in [0, 0.1) is 6.57 Å². The minimum Gasteiger partial charge on any atom is -0.486 e. The third-order valence-corrected chi connectivity index (χ3v) is 5.97. The fourth-order valence-corrected chi connectivity index (χ4v) is 4.73. The molecule has 2 aromatic heterocycles. The van der Waals surface area contributed by atoms with Crippen molar-refractivity contribution in [3.63, 3.8) is 0 Å². The Kier molecular flexibility index (Phi) is 4.56. The zero-order valence-electron chi connectivity index (χ0n) is 13.4. The molecule has 0 aliphatic rings. The van der Waals surface area contributed by atoms with Gasteiger partial charge in [0.15, 0.2) is 0 Å². The van der Waals surface area contributed by atoms with Crippen molar-refractivity contribution in [2.45, 2.75) is 13.3 Å². The van der Waals surface area contributed by atoms with E-state index in [9.17, 15) is 4.79 Å². The molecule has 0 saturated carbocycles. The molecule has 0 spiro atoms. The Labute approximate surface area is 148 Å². The summed E-state index contributed by atoms with van der Waals surface area (Å²) < 4.78 is 2.33. The van der Waals surface area contributed by atoms with Crippen LogP contribution >= 0.6 is 22.7 Å². The number of thiophene rings is 2. The molecular formula is C18H16N2O2S2. The summed E-state index contributed by atoms with van der Waals surface area (Å²) in [5.74, 6) is -1.19. The van der Waals surface area contributed by atoms with Crippen LogP contribution in [0.3, 0.4) is 0 Å². The highest BCUT2D eigenvalue weighted by Crippen LogP contribution is 2.37. The minimum atomic E-state index is -1.19. The van der Waals surface area contributed by atoms with Gasteiger partial charge in [-0.1, -0.05) is 6.92 Å². The first-order valence-corrected chi connectivity index (χ1v) is 9.16. The van der Waals surface area contributed by atoms with E-state index >= 15 is 0 Å². The Bertz CT molecular complexity index is 941. The molecule has 122 valence electrons. The predicted molar refractivity (Wildman–Crippen MR) is 103 cm³/mol. The molecule has 0 radical (unpaired) electrons. The first-order chi connectivity index (χ1) is 11.5. The van der Waals surface area contributed by atoms with Gasteiger partial charge in [-0.2, -0.15) is 0 Å². The van der Waals surface area contributed by atoms with E-state index in [1.165, 1.54) is 32.5 Å². The van der Waals surface area contributed by atoms with Crippen LogP contribution in [0.2, 0.25) is 0 Å². The molecule has 4 nitrogen and oxygen atoms in total. The van der Waals surface area contributed by atoms with E-state index in [0.29, 0.717) is 0 Å². The normalized spacial score (nSPS) is 11.8. The average Bonchev–Trinajstić information content (AvgIpc) is 3.12. The molecule has 24 heavy (non-hydrogen) atoms. The molecule has 1 N–H and O–H groups in total. The van der Waals surface area contributed by atoms with Crippen LogP contribution < -0.4 is 4.90 Å². The van der Waals surface area contributed by atoms with Gasteiger partial charge in [-0.15, -0.1) is 22.7 Å². The second kappa shape index (κ2) is 6.63. The van der Waals surface area contributed by atoms with Gasteiger partial charge in [0, 0.05) is 27.9 Å². The number of nitrogens with zero attached hydrogens (tertiary/aromatic N) is 2. The topological polar surface area (TPSA) is 44.9 Å². The maximum absolute atomic E-state index is 11.0. The third-order valence-electron chi connectivity index (χ3n) is 3.72. The Balaban J connectivity index is 2.03. The Hall–Kier alpha value is -2.36. The second-order valence-corrected chi connectivity index (χ2v) is 7.71. The van der Waals surface area contributed by atoms with Crippen LogP contribution in [0.15, 0.2) is 30.0 Å². The smallest absolute Gasteiger partial charge is 0.333 e. The van der Waals surface area contributed by atoms with Gasteiger partial charge in [0.2, 0.25) is 0 Å². The number of carbonyl (C=O) groups is 1. The van der Waals surface area contributed by atoms with Crippen LogP contribution in [-0.4, -0.2) is 24.7 Å². The number of carboxylic acid groups (broad SMARTS) is 1. The van der Waals surface area contributed by atoms with E-state index in [-0.39, 0.29) is 5.70 Å². The molecule has 0 atom stereocenters. The van der Waals surface area contributed by atoms with E-state index < -0.39 is 5.97 Å². The van der Waals surface area contributed by atoms with Crippen LogP contribution in [-0.2, 0) is 4.79 Å². The lowest BCUT2D eigenvalue weighted by Gasteiger charge is -2.14. The Morgan fingerprint density at radius 3 is 2.62 bits per heavy atom. The molecule has 3 rings (SSSR count). The monoisotopic (exact) mass is 356 g/mol. The van der Waals surface area contributed by atoms with Gasteiger partial charge in [0.25, 0.3) is 5.70 Å². The number of carboxylic acids is 1. The number of fused-ring (bicyclic) bond motifs is 2. The van der Waals surface area contributed by atoms with Crippen molar-refractivity contribution in [2.75, 3.05) is 18.5 Å². The summed E-state index contributed by atoms with van der Waals surface area (Å²) >= 11 is 3.28. The number of anilines is 1. The van der Waals surface area contributed by atoms with Gasteiger partial charge in [-0.05, 0) is 47.5 Å². The minimum absolute atomic E-state index is 0.258. The highest BCUT2D eigenvalue weighted by atomic mass is 32.1. The first-order valence-electron chi connectivity index (χ1n) is 7.52. The van der Waals surface area contributed by atoms with E-state index in [1.807, 2.05) is 6.07 Å². The molecule has 0 aliphatic heterocycles. The van der Waals surface area contributed by atoms with Crippen molar-refractivity contribution in [3.8, 4) is 0 Å². The SMILES string of the molecule is [C-]#[N+]/C(=C\c1cc2cc3cc(N(C)CCC)sc3cc2s1)C(=O)O. The third kappa shape index (κ3) is 3.14. The molecule has 6 heteroatoms. The summed E-state index contributed by atoms with van der Waals surface area (Å²) in [5.41, 5.74) is -0.258. The molecular weight excluding hydrogens is 340 g/mol. The van der Waals surface area contributed by atoms with Crippen molar-refractivity contribution in [1.82, 2.24) is 0 Å². The van der Waals surface area contributed by atoms with Crippen molar-refractivity contribution in [2.24, 2.45) is 0 Å². The summed E-state index contributed by atoms with van der Waals surface area (Å²) in [4.78, 5) is 17.1. The summed E-state index contributed by atoms with van der Waals surface area (Å²) in [6.45, 7) is 10.1. The van der Waals surface area contributed by atoms with E-state index in [0.717, 1.165) is 27.9 Å². The number of hydrogen-bond donors (Lipinski definition) is 1. The van der Waals surface area contributed by atoms with Gasteiger partial charge in [0.05, 0.1) is 11.6 Å². The lowest BCUT2D eigenvalue weighted by atomic mass is 10.2. The van der Waals surface area contributed by atoms with Crippen LogP contribution in [0.5, 0.6) is 0 Å². The van der Waals surface area contributed by atoms with Crippen molar-refractivity contribution in [3.05, 3.63) is 46.3 Å². The van der Waals surface area contributed by atoms with Crippen LogP contribution in [0.4, 0.5) is 5.00 Å². The van der Waals surface area contributed by atoms with Gasteiger partial charge < -0.3 is 10.0 Å². The van der Waals surface area contributed by atoms with E-state index in [1.54, 1.807) is 11.3 Å². The average molecular weight is 356 g/mol. The van der Waals surface area contributed by atoms with Crippen molar-refractivity contribution >= 4 is 59.9 Å². The Morgan fingerprint density at radius 2 is 1.96 bits per heavy atom. The van der Waals surface area contributed by atoms with Crippen molar-refractivity contribution in [1.29, 1.82) is 0 Å². The first kappa shape index (κ1) is 16.5. The predicted octanol–water partition coefficient (Wildman–Crippen LogP) is 5.31. The molecule has 0 aliphatic carbocycles. The van der Waals surface area contributed by atoms with Gasteiger partial charge in [-0.25, -0.2) is 4.85 Å². The molecule has 0 saturated heterocycles. The standard InChI is InChI=1S/C18H16N2O2S2/c1-4-5-20(3)17-8-12-6-11-7-13(9-14(19-2)18(21)22)23-15(11)10-16(12)24-17/h6-10H,4-5H2,1,3H3,(H,21,22)/b14-9-. The maximum Gasteiger partial charge on any atom is 0.333 e. The number of benzene rings is 1. The molecule has 0 fully saturated rings. The maximum atomic E-state index is 11.0. The van der Waals surface area contributed by atoms with Crippen molar-refractivity contribution < 1.29 is 9.90 Å². The summed E-state index contributed by atoms with van der Waals surface area (Å²) in [6, 6.07) is 8.43. The molecule has 3 aromatic rings. The summed E-state index contributed by atoms with van der Waals surface area (Å²) in [7, 11) is 2.11. The zero-order valence-corrected chi connectivity index (χ0v) is 15.0. The summed E-state index contributed by atoms with van der Waals surface area (Å²) in [5, 5.41) is 12.5. The largest absolute Gasteiger partial charge is 0.486 e. The van der Waals surface area contributed by atoms with Gasteiger partial charge >= 0.3 is 5.97 Å². The molecule has 0 bridgehead atoms. The second-order valence-electron chi connectivity index (χ2n) is 5.53. The van der Waals surface area contributed by atoms with Crippen LogP contribution in [0.1, 0.15) is 18.2 Å². The van der Waals surface area contributed by atoms with E-state index in [2.05, 4.69) is 41.9 Å². The highest BCUT2D eigenvalue weighted by Gasteiger charge is 2.11. The highest BCUT2D eigenvalue weighted by molar-refractivity contribution is 7.24. The lowest BCUT2D eigenvalue weighted by Crippen LogP contribution is -2.15. The number of rotatable bonds is 5. The van der Waals surface area contributed by atoms with Gasteiger partial charge in [0.1, 0.15) is 0 Å². The lowest BCUT2D eigenvalue weighted by molar-refractivity contribution is -0.132. The molecule has 0 amide bonds. The fourth-order valence-electron chi connectivity index (χ4n) is 2.56. The zero-order chi connectivity index (χ0) is 17.3. The summed E-state index contributed by atoms with van der Waals surface area (Å²) in [6.07, 6.45) is 2.55. The Morgan fingerprint density at radius 1 is 1.25 bits per heavy atom. The quantitative estimate of drug-likeness (QED) is 0.498. The van der Waals surface area contributed by atoms with Gasteiger partial charge in [-0.3, -0.25) is 4.79 Å². The number of aliphatic carboxylic acids is 1. The number of hydrogen-bond acceptors (Lipinski definition) is 4. The van der Waals surface area contributed by atoms with Crippen LogP contribution in [0.25, 0.3) is 31.1 Å². The molecule has 2 heterocycles. The van der Waals surface area contributed by atoms with E-state index in [4.69, 9.17) is 11.7 Å². The molecule has 0 unspecified atom stereocenters. The fraction of sp³-hybridized carbons (Fsp3) is 0.222.